The highest BCUT2D eigenvalue weighted by Gasteiger charge is 2.28. The molecule has 0 N–H and O–H groups in total. The van der Waals surface area contributed by atoms with Crippen LogP contribution in [0.25, 0.3) is 0 Å². The molecule has 2 rings (SSSR count). The predicted molar refractivity (Wildman–Crippen MR) is 48.1 cm³/mol. The molecule has 13 heavy (non-hydrogen) atoms. The minimum Gasteiger partial charge on any atom is -0.299 e. The Kier molecular flexibility index (Phi) is 2.03. The van der Waals surface area contributed by atoms with Crippen molar-refractivity contribution in [2.24, 2.45) is 0 Å². The normalized spacial score (nSPS) is 18.2. The summed E-state index contributed by atoms with van der Waals surface area (Å²) in [6.45, 7) is 5.27. The van der Waals surface area contributed by atoms with Gasteiger partial charge in [-0.2, -0.15) is 10.4 Å². The van der Waals surface area contributed by atoms with Gasteiger partial charge in [0.2, 0.25) is 0 Å². The van der Waals surface area contributed by atoms with Gasteiger partial charge in [-0.25, -0.2) is 4.68 Å². The van der Waals surface area contributed by atoms with E-state index in [1.165, 1.54) is 0 Å². The van der Waals surface area contributed by atoms with E-state index in [0.29, 0.717) is 11.7 Å². The fourth-order valence-electron chi connectivity index (χ4n) is 1.65. The Balaban J connectivity index is 2.07. The van der Waals surface area contributed by atoms with E-state index in [2.05, 4.69) is 23.0 Å². The molecule has 4 nitrogen and oxygen atoms in total. The highest BCUT2D eigenvalue weighted by Crippen LogP contribution is 2.20. The van der Waals surface area contributed by atoms with Crippen molar-refractivity contribution < 1.29 is 0 Å². The van der Waals surface area contributed by atoms with Gasteiger partial charge in [-0.05, 0) is 12.6 Å². The molecule has 0 saturated carbocycles. The van der Waals surface area contributed by atoms with Gasteiger partial charge in [0.25, 0.3) is 0 Å². The number of nitrogens with zero attached hydrogens (tertiary/aromatic N) is 4. The molecule has 0 bridgehead atoms. The molecule has 1 aliphatic heterocycles. The van der Waals surface area contributed by atoms with Crippen molar-refractivity contribution in [2.75, 3.05) is 19.6 Å². The number of likely N-dealkylation sites (N-methyl/N-ethyl adjacent to an activating group) is 1. The van der Waals surface area contributed by atoms with Crippen molar-refractivity contribution >= 4 is 0 Å². The largest absolute Gasteiger partial charge is 0.299 e. The molecule has 1 aliphatic rings. The number of nitriles is 1. The summed E-state index contributed by atoms with van der Waals surface area (Å²) < 4.78 is 1.83. The molecular weight excluding hydrogens is 164 g/mol. The third kappa shape index (κ3) is 1.31. The van der Waals surface area contributed by atoms with E-state index in [0.717, 1.165) is 19.6 Å². The van der Waals surface area contributed by atoms with E-state index >= 15 is 0 Å². The van der Waals surface area contributed by atoms with Gasteiger partial charge in [0.1, 0.15) is 11.8 Å². The molecular formula is C9H12N4. The molecule has 4 heteroatoms. The molecule has 1 saturated heterocycles. The van der Waals surface area contributed by atoms with Crippen molar-refractivity contribution in [1.82, 2.24) is 14.7 Å². The van der Waals surface area contributed by atoms with E-state index in [1.54, 1.807) is 12.3 Å². The summed E-state index contributed by atoms with van der Waals surface area (Å²) in [5, 5.41) is 12.9. The van der Waals surface area contributed by atoms with Crippen LogP contribution < -0.4 is 0 Å². The molecule has 0 aliphatic carbocycles. The molecule has 0 radical (unpaired) electrons. The zero-order valence-corrected chi connectivity index (χ0v) is 7.64. The first-order chi connectivity index (χ1) is 6.35. The molecule has 2 heterocycles. The number of hydrogen-bond acceptors (Lipinski definition) is 3. The molecule has 0 atom stereocenters. The predicted octanol–water partition coefficient (Wildman–Crippen LogP) is 0.631. The molecule has 0 spiro atoms. The van der Waals surface area contributed by atoms with E-state index in [4.69, 9.17) is 5.26 Å². The summed E-state index contributed by atoms with van der Waals surface area (Å²) >= 11 is 0. The van der Waals surface area contributed by atoms with Gasteiger partial charge in [-0.1, -0.05) is 6.92 Å². The third-order valence-corrected chi connectivity index (χ3v) is 2.52. The summed E-state index contributed by atoms with van der Waals surface area (Å²) in [4.78, 5) is 2.33. The maximum absolute atomic E-state index is 8.77. The lowest BCUT2D eigenvalue weighted by molar-refractivity contribution is 0.105. The molecule has 1 fully saturated rings. The Bertz CT molecular complexity index is 330. The van der Waals surface area contributed by atoms with Gasteiger partial charge < -0.3 is 0 Å². The molecule has 0 amide bonds. The molecule has 1 aromatic rings. The Morgan fingerprint density at radius 2 is 2.46 bits per heavy atom. The smallest absolute Gasteiger partial charge is 0.138 e. The third-order valence-electron chi connectivity index (χ3n) is 2.52. The SMILES string of the molecule is CCN1CC(n2nccc2C#N)C1. The standard InChI is InChI=1S/C9H12N4/c1-2-12-6-9(7-12)13-8(5-10)3-4-11-13/h3-4,9H,2,6-7H2,1H3. The van der Waals surface area contributed by atoms with Gasteiger partial charge in [-0.3, -0.25) is 4.90 Å². The first-order valence-electron chi connectivity index (χ1n) is 4.51. The monoisotopic (exact) mass is 176 g/mol. The van der Waals surface area contributed by atoms with Crippen molar-refractivity contribution in [3.63, 3.8) is 0 Å². The average Bonchev–Trinajstić information content (AvgIpc) is 2.50. The quantitative estimate of drug-likeness (QED) is 0.664. The maximum atomic E-state index is 8.77. The van der Waals surface area contributed by atoms with Crippen molar-refractivity contribution in [1.29, 1.82) is 5.26 Å². The van der Waals surface area contributed by atoms with Crippen LogP contribution >= 0.6 is 0 Å². The van der Waals surface area contributed by atoms with E-state index in [-0.39, 0.29) is 0 Å². The van der Waals surface area contributed by atoms with Crippen LogP contribution in [0.1, 0.15) is 18.7 Å². The summed E-state index contributed by atoms with van der Waals surface area (Å²) in [5.41, 5.74) is 0.667. The van der Waals surface area contributed by atoms with E-state index in [1.807, 2.05) is 4.68 Å². The van der Waals surface area contributed by atoms with Crippen LogP contribution in [-0.2, 0) is 0 Å². The van der Waals surface area contributed by atoms with Crippen LogP contribution in [0, 0.1) is 11.3 Å². The second-order valence-corrected chi connectivity index (χ2v) is 3.28. The number of hydrogen-bond donors (Lipinski definition) is 0. The fraction of sp³-hybridized carbons (Fsp3) is 0.556. The number of rotatable bonds is 2. The van der Waals surface area contributed by atoms with Crippen LogP contribution in [-0.4, -0.2) is 34.3 Å². The van der Waals surface area contributed by atoms with Crippen LogP contribution in [0.3, 0.4) is 0 Å². The second-order valence-electron chi connectivity index (χ2n) is 3.28. The van der Waals surface area contributed by atoms with Crippen molar-refractivity contribution in [3.05, 3.63) is 18.0 Å². The van der Waals surface area contributed by atoms with Gasteiger partial charge in [-0.15, -0.1) is 0 Å². The Hall–Kier alpha value is -1.34. The lowest BCUT2D eigenvalue weighted by atomic mass is 10.1. The second kappa shape index (κ2) is 3.19. The zero-order valence-electron chi connectivity index (χ0n) is 7.64. The average molecular weight is 176 g/mol. The van der Waals surface area contributed by atoms with Crippen LogP contribution in [0.4, 0.5) is 0 Å². The minimum absolute atomic E-state index is 0.407. The topological polar surface area (TPSA) is 44.9 Å². The summed E-state index contributed by atoms with van der Waals surface area (Å²) in [5.74, 6) is 0. The van der Waals surface area contributed by atoms with Crippen LogP contribution in [0.5, 0.6) is 0 Å². The lowest BCUT2D eigenvalue weighted by Gasteiger charge is -2.38. The Labute approximate surface area is 77.4 Å². The number of likely N-dealkylation sites (tertiary alicyclic amines) is 1. The minimum atomic E-state index is 0.407. The van der Waals surface area contributed by atoms with Gasteiger partial charge in [0.15, 0.2) is 0 Å². The molecule has 0 aromatic carbocycles. The number of aromatic nitrogens is 2. The summed E-state index contributed by atoms with van der Waals surface area (Å²) in [7, 11) is 0. The first-order valence-corrected chi connectivity index (χ1v) is 4.51. The highest BCUT2D eigenvalue weighted by atomic mass is 15.4. The molecule has 1 aromatic heterocycles. The van der Waals surface area contributed by atoms with Crippen LogP contribution in [0.2, 0.25) is 0 Å². The van der Waals surface area contributed by atoms with Gasteiger partial charge in [0.05, 0.1) is 12.2 Å². The van der Waals surface area contributed by atoms with Gasteiger partial charge >= 0.3 is 0 Å². The maximum Gasteiger partial charge on any atom is 0.138 e. The highest BCUT2D eigenvalue weighted by molar-refractivity contribution is 5.19. The summed E-state index contributed by atoms with van der Waals surface area (Å²) in [6.07, 6.45) is 1.69. The van der Waals surface area contributed by atoms with Crippen molar-refractivity contribution in [3.8, 4) is 6.07 Å². The van der Waals surface area contributed by atoms with E-state index < -0.39 is 0 Å². The summed E-state index contributed by atoms with van der Waals surface area (Å²) in [6, 6.07) is 4.31. The zero-order chi connectivity index (χ0) is 9.26. The van der Waals surface area contributed by atoms with Gasteiger partial charge in [0, 0.05) is 13.1 Å². The molecule has 0 unspecified atom stereocenters. The van der Waals surface area contributed by atoms with E-state index in [9.17, 15) is 0 Å². The first kappa shape index (κ1) is 8.27. The Morgan fingerprint density at radius 3 is 3.08 bits per heavy atom. The lowest BCUT2D eigenvalue weighted by Crippen LogP contribution is -2.47. The van der Waals surface area contributed by atoms with Crippen LogP contribution in [0.15, 0.2) is 12.3 Å². The molecule has 68 valence electrons. The fourth-order valence-corrected chi connectivity index (χ4v) is 1.65. The Morgan fingerprint density at radius 1 is 1.69 bits per heavy atom. The van der Waals surface area contributed by atoms with Crippen molar-refractivity contribution in [2.45, 2.75) is 13.0 Å².